The van der Waals surface area contributed by atoms with Gasteiger partial charge in [0.2, 0.25) is 0 Å². The van der Waals surface area contributed by atoms with Gasteiger partial charge in [-0.2, -0.15) is 13.2 Å². The molecule has 0 aromatic carbocycles. The third kappa shape index (κ3) is 5.69. The maximum atomic E-state index is 12.2. The fourth-order valence-corrected chi connectivity index (χ4v) is 3.45. The van der Waals surface area contributed by atoms with Crippen LogP contribution in [0.5, 0.6) is 0 Å². The van der Waals surface area contributed by atoms with E-state index in [1.54, 1.807) is 7.05 Å². The van der Waals surface area contributed by atoms with Crippen molar-refractivity contribution in [1.29, 1.82) is 0 Å². The number of nitrogens with one attached hydrogen (secondary N) is 2. The van der Waals surface area contributed by atoms with Crippen molar-refractivity contribution in [3.63, 3.8) is 0 Å². The standard InChI is InChI=1S/C15H23F3N4S/c1-11(22-7-3-13-12(10-22)4-8-23-13)9-21-14(19-2)20-6-5-15(16,17)18/h4,8,11H,3,5-7,9-10H2,1-2H3,(H2,19,20,21). The van der Waals surface area contributed by atoms with Gasteiger partial charge in [-0.05, 0) is 30.4 Å². The van der Waals surface area contributed by atoms with E-state index < -0.39 is 12.6 Å². The summed E-state index contributed by atoms with van der Waals surface area (Å²) in [6.07, 6.45) is -3.95. The molecular weight excluding hydrogens is 325 g/mol. The molecule has 1 atom stereocenters. The lowest BCUT2D eigenvalue weighted by atomic mass is 10.1. The quantitative estimate of drug-likeness (QED) is 0.635. The molecule has 8 heteroatoms. The minimum Gasteiger partial charge on any atom is -0.356 e. The normalized spacial score (nSPS) is 17.7. The van der Waals surface area contributed by atoms with E-state index >= 15 is 0 Å². The third-order valence-electron chi connectivity index (χ3n) is 3.95. The molecule has 0 saturated carbocycles. The van der Waals surface area contributed by atoms with Crippen LogP contribution in [0.4, 0.5) is 13.2 Å². The smallest absolute Gasteiger partial charge is 0.356 e. The van der Waals surface area contributed by atoms with E-state index in [9.17, 15) is 13.2 Å². The number of aliphatic imine (C=N–C) groups is 1. The van der Waals surface area contributed by atoms with Crippen molar-refractivity contribution >= 4 is 17.3 Å². The van der Waals surface area contributed by atoms with E-state index in [0.29, 0.717) is 12.5 Å². The molecule has 0 amide bonds. The Morgan fingerprint density at radius 1 is 1.43 bits per heavy atom. The first-order chi connectivity index (χ1) is 10.9. The summed E-state index contributed by atoms with van der Waals surface area (Å²) in [7, 11) is 1.56. The Bertz CT molecular complexity index is 527. The van der Waals surface area contributed by atoms with Crippen LogP contribution in [0.2, 0.25) is 0 Å². The summed E-state index contributed by atoms with van der Waals surface area (Å²) in [5.74, 6) is 0.411. The van der Waals surface area contributed by atoms with Gasteiger partial charge in [-0.1, -0.05) is 0 Å². The van der Waals surface area contributed by atoms with E-state index in [1.807, 2.05) is 11.3 Å². The van der Waals surface area contributed by atoms with Gasteiger partial charge < -0.3 is 10.6 Å². The molecule has 2 rings (SSSR count). The molecule has 1 aliphatic rings. The SMILES string of the molecule is CN=C(NCCC(F)(F)F)NCC(C)N1CCc2sccc2C1. The Hall–Kier alpha value is -1.28. The fourth-order valence-electron chi connectivity index (χ4n) is 2.56. The highest BCUT2D eigenvalue weighted by Gasteiger charge is 2.26. The Kier molecular flexibility index (Phi) is 6.29. The van der Waals surface area contributed by atoms with Crippen LogP contribution in [0.15, 0.2) is 16.4 Å². The third-order valence-corrected chi connectivity index (χ3v) is 4.97. The molecule has 130 valence electrons. The van der Waals surface area contributed by atoms with E-state index in [2.05, 4.69) is 38.9 Å². The zero-order chi connectivity index (χ0) is 16.9. The number of hydrogen-bond donors (Lipinski definition) is 2. The van der Waals surface area contributed by atoms with Gasteiger partial charge in [0, 0.05) is 44.1 Å². The molecular formula is C15H23F3N4S. The zero-order valence-corrected chi connectivity index (χ0v) is 14.2. The van der Waals surface area contributed by atoms with Gasteiger partial charge in [-0.15, -0.1) is 11.3 Å². The highest BCUT2D eigenvalue weighted by Crippen LogP contribution is 2.24. The van der Waals surface area contributed by atoms with Crippen molar-refractivity contribution < 1.29 is 13.2 Å². The fraction of sp³-hybridized carbons (Fsp3) is 0.667. The Morgan fingerprint density at radius 3 is 2.91 bits per heavy atom. The summed E-state index contributed by atoms with van der Waals surface area (Å²) in [6.45, 7) is 4.54. The number of nitrogens with zero attached hydrogens (tertiary/aromatic N) is 2. The average Bonchev–Trinajstić information content (AvgIpc) is 2.96. The summed E-state index contributed by atoms with van der Waals surface area (Å²) in [4.78, 5) is 7.81. The molecule has 0 saturated heterocycles. The molecule has 1 aromatic rings. The summed E-state index contributed by atoms with van der Waals surface area (Å²) in [6, 6.07) is 2.45. The molecule has 1 unspecified atom stereocenters. The van der Waals surface area contributed by atoms with E-state index in [-0.39, 0.29) is 12.6 Å². The van der Waals surface area contributed by atoms with Crippen LogP contribution in [-0.2, 0) is 13.0 Å². The van der Waals surface area contributed by atoms with Crippen molar-refractivity contribution in [3.05, 3.63) is 21.9 Å². The summed E-state index contributed by atoms with van der Waals surface area (Å²) in [5, 5.41) is 7.93. The van der Waals surface area contributed by atoms with Crippen molar-refractivity contribution in [2.45, 2.75) is 38.5 Å². The van der Waals surface area contributed by atoms with Gasteiger partial charge >= 0.3 is 6.18 Å². The lowest BCUT2D eigenvalue weighted by Crippen LogP contribution is -2.47. The number of rotatable bonds is 5. The number of fused-ring (bicyclic) bond motifs is 1. The first-order valence-corrected chi connectivity index (χ1v) is 8.57. The molecule has 0 radical (unpaired) electrons. The predicted molar refractivity (Wildman–Crippen MR) is 87.9 cm³/mol. The summed E-state index contributed by atoms with van der Waals surface area (Å²) < 4.78 is 36.5. The molecule has 1 aromatic heterocycles. The maximum Gasteiger partial charge on any atom is 0.390 e. The topological polar surface area (TPSA) is 39.7 Å². The number of thiophene rings is 1. The van der Waals surface area contributed by atoms with E-state index in [0.717, 1.165) is 19.5 Å². The van der Waals surface area contributed by atoms with Gasteiger partial charge in [0.15, 0.2) is 5.96 Å². The number of halogens is 3. The molecule has 1 aliphatic heterocycles. The van der Waals surface area contributed by atoms with Crippen LogP contribution in [0.1, 0.15) is 23.8 Å². The number of alkyl halides is 3. The van der Waals surface area contributed by atoms with Crippen molar-refractivity contribution in [3.8, 4) is 0 Å². The minimum absolute atomic E-state index is 0.167. The lowest BCUT2D eigenvalue weighted by Gasteiger charge is -2.32. The Labute approximate surface area is 138 Å². The Morgan fingerprint density at radius 2 is 2.22 bits per heavy atom. The molecule has 2 heterocycles. The van der Waals surface area contributed by atoms with Crippen LogP contribution in [0.3, 0.4) is 0 Å². The van der Waals surface area contributed by atoms with Crippen LogP contribution < -0.4 is 10.6 Å². The van der Waals surface area contributed by atoms with Crippen LogP contribution in [0, 0.1) is 0 Å². The van der Waals surface area contributed by atoms with Crippen molar-refractivity contribution in [1.82, 2.24) is 15.5 Å². The van der Waals surface area contributed by atoms with Gasteiger partial charge in [0.1, 0.15) is 0 Å². The summed E-state index contributed by atoms with van der Waals surface area (Å²) in [5.41, 5.74) is 1.39. The lowest BCUT2D eigenvalue weighted by molar-refractivity contribution is -0.132. The van der Waals surface area contributed by atoms with Gasteiger partial charge in [0.05, 0.1) is 6.42 Å². The summed E-state index contributed by atoms with van der Waals surface area (Å²) >= 11 is 1.81. The highest BCUT2D eigenvalue weighted by atomic mass is 32.1. The molecule has 4 nitrogen and oxygen atoms in total. The van der Waals surface area contributed by atoms with E-state index in [4.69, 9.17) is 0 Å². The van der Waals surface area contributed by atoms with Crippen LogP contribution in [0.25, 0.3) is 0 Å². The monoisotopic (exact) mass is 348 g/mol. The first kappa shape index (κ1) is 18.1. The first-order valence-electron chi connectivity index (χ1n) is 7.69. The predicted octanol–water partition coefficient (Wildman–Crippen LogP) is 2.61. The molecule has 0 spiro atoms. The molecule has 0 bridgehead atoms. The Balaban J connectivity index is 1.74. The van der Waals surface area contributed by atoms with Crippen molar-refractivity contribution in [2.75, 3.05) is 26.7 Å². The second kappa shape index (κ2) is 8.01. The zero-order valence-electron chi connectivity index (χ0n) is 13.4. The van der Waals surface area contributed by atoms with Crippen LogP contribution in [-0.4, -0.2) is 49.8 Å². The molecule has 0 fully saturated rings. The second-order valence-corrected chi connectivity index (χ2v) is 6.68. The number of guanidine groups is 1. The number of hydrogen-bond acceptors (Lipinski definition) is 3. The van der Waals surface area contributed by atoms with Gasteiger partial charge in [-0.3, -0.25) is 9.89 Å². The van der Waals surface area contributed by atoms with Crippen molar-refractivity contribution in [2.24, 2.45) is 4.99 Å². The molecule has 2 N–H and O–H groups in total. The second-order valence-electron chi connectivity index (χ2n) is 5.68. The molecule has 0 aliphatic carbocycles. The van der Waals surface area contributed by atoms with Gasteiger partial charge in [0.25, 0.3) is 0 Å². The maximum absolute atomic E-state index is 12.2. The highest BCUT2D eigenvalue weighted by molar-refractivity contribution is 7.10. The van der Waals surface area contributed by atoms with Crippen LogP contribution >= 0.6 is 11.3 Å². The van der Waals surface area contributed by atoms with E-state index in [1.165, 1.54) is 10.4 Å². The average molecular weight is 348 g/mol. The van der Waals surface area contributed by atoms with Gasteiger partial charge in [-0.25, -0.2) is 0 Å². The molecule has 23 heavy (non-hydrogen) atoms. The largest absolute Gasteiger partial charge is 0.390 e. The minimum atomic E-state index is -4.15.